The second-order valence-corrected chi connectivity index (χ2v) is 3.45. The van der Waals surface area contributed by atoms with Gasteiger partial charge in [0.25, 0.3) is 0 Å². The molecule has 0 N–H and O–H groups in total. The second-order valence-electron chi connectivity index (χ2n) is 2.60. The summed E-state index contributed by atoms with van der Waals surface area (Å²) in [5, 5.41) is 1.26. The van der Waals surface area contributed by atoms with E-state index in [9.17, 15) is 0 Å². The maximum absolute atomic E-state index is 6.00. The summed E-state index contributed by atoms with van der Waals surface area (Å²) in [6, 6.07) is 9.10. The minimum Gasteiger partial charge on any atom is -0.314 e. The number of benzene rings is 1. The lowest BCUT2D eigenvalue weighted by atomic mass is 10.3. The van der Waals surface area contributed by atoms with Crippen molar-refractivity contribution >= 4 is 23.2 Å². The molecule has 65 valence electrons. The van der Waals surface area contributed by atoms with E-state index in [-0.39, 0.29) is 0 Å². The summed E-state index contributed by atoms with van der Waals surface area (Å²) >= 11 is 11.8. The van der Waals surface area contributed by atoms with Gasteiger partial charge in [-0.2, -0.15) is 0 Å². The smallest absolute Gasteiger partial charge is 0.0697 e. The van der Waals surface area contributed by atoms with E-state index in [0.717, 1.165) is 5.69 Å². The van der Waals surface area contributed by atoms with Gasteiger partial charge in [-0.15, -0.1) is 0 Å². The predicted molar refractivity (Wildman–Crippen MR) is 54.6 cm³/mol. The van der Waals surface area contributed by atoms with Crippen molar-refractivity contribution in [3.05, 3.63) is 52.8 Å². The first-order chi connectivity index (χ1) is 6.27. The van der Waals surface area contributed by atoms with Crippen molar-refractivity contribution in [1.29, 1.82) is 0 Å². The summed E-state index contributed by atoms with van der Waals surface area (Å²) < 4.78 is 1.82. The third-order valence-electron chi connectivity index (χ3n) is 1.71. The standard InChI is InChI=1S/C10H6Cl2N/c11-8-3-4-10(9(12)7-8)13-5-1-2-6-13/h1-5,7H. The van der Waals surface area contributed by atoms with E-state index in [1.807, 2.05) is 29.0 Å². The monoisotopic (exact) mass is 210 g/mol. The molecule has 2 rings (SSSR count). The third kappa shape index (κ3) is 1.71. The molecule has 1 aromatic heterocycles. The maximum atomic E-state index is 6.00. The van der Waals surface area contributed by atoms with Gasteiger partial charge in [0.15, 0.2) is 0 Å². The molecule has 0 saturated heterocycles. The van der Waals surface area contributed by atoms with E-state index in [2.05, 4.69) is 6.20 Å². The number of halogens is 2. The first kappa shape index (κ1) is 8.67. The fraction of sp³-hybridized carbons (Fsp3) is 0. The summed E-state index contributed by atoms with van der Waals surface area (Å²) in [5.41, 5.74) is 0.885. The van der Waals surface area contributed by atoms with Crippen LogP contribution in [0.1, 0.15) is 0 Å². The maximum Gasteiger partial charge on any atom is 0.0697 e. The Balaban J connectivity index is 2.53. The van der Waals surface area contributed by atoms with Crippen LogP contribution in [0.15, 0.2) is 36.5 Å². The Morgan fingerprint density at radius 3 is 2.69 bits per heavy atom. The molecule has 0 aliphatic carbocycles. The molecule has 1 radical (unpaired) electrons. The topological polar surface area (TPSA) is 4.93 Å². The van der Waals surface area contributed by atoms with Crippen molar-refractivity contribution in [1.82, 2.24) is 4.57 Å². The zero-order chi connectivity index (χ0) is 9.26. The molecule has 0 aliphatic rings. The van der Waals surface area contributed by atoms with Crippen LogP contribution < -0.4 is 0 Å². The Morgan fingerprint density at radius 2 is 2.08 bits per heavy atom. The first-order valence-electron chi connectivity index (χ1n) is 3.78. The lowest BCUT2D eigenvalue weighted by Gasteiger charge is -2.04. The normalized spacial score (nSPS) is 10.3. The Kier molecular flexibility index (Phi) is 2.30. The zero-order valence-electron chi connectivity index (χ0n) is 6.67. The molecule has 0 saturated carbocycles. The molecule has 1 aromatic carbocycles. The SMILES string of the molecule is Clc1ccc(-n2[c]ccc2)c(Cl)c1. The van der Waals surface area contributed by atoms with E-state index in [0.29, 0.717) is 10.0 Å². The third-order valence-corrected chi connectivity index (χ3v) is 2.25. The summed E-state index contributed by atoms with van der Waals surface area (Å²) in [4.78, 5) is 0. The van der Waals surface area contributed by atoms with Crippen molar-refractivity contribution in [2.75, 3.05) is 0 Å². The lowest BCUT2D eigenvalue weighted by molar-refractivity contribution is 1.07. The van der Waals surface area contributed by atoms with Crippen LogP contribution in [-0.4, -0.2) is 4.57 Å². The van der Waals surface area contributed by atoms with Crippen LogP contribution in [0.5, 0.6) is 0 Å². The minimum absolute atomic E-state index is 0.625. The van der Waals surface area contributed by atoms with Crippen LogP contribution in [0.2, 0.25) is 10.0 Å². The molecule has 1 heterocycles. The van der Waals surface area contributed by atoms with Gasteiger partial charge in [0.2, 0.25) is 0 Å². The van der Waals surface area contributed by atoms with Crippen molar-refractivity contribution in [2.24, 2.45) is 0 Å². The molecule has 0 spiro atoms. The lowest BCUT2D eigenvalue weighted by Crippen LogP contribution is -1.90. The molecular weight excluding hydrogens is 205 g/mol. The van der Waals surface area contributed by atoms with E-state index in [4.69, 9.17) is 23.2 Å². The van der Waals surface area contributed by atoms with Crippen molar-refractivity contribution in [2.45, 2.75) is 0 Å². The average Bonchev–Trinajstić information content (AvgIpc) is 2.56. The fourth-order valence-corrected chi connectivity index (χ4v) is 1.62. The highest BCUT2D eigenvalue weighted by atomic mass is 35.5. The molecule has 1 nitrogen and oxygen atoms in total. The Hall–Kier alpha value is -0.920. The number of hydrogen-bond acceptors (Lipinski definition) is 0. The largest absolute Gasteiger partial charge is 0.314 e. The molecule has 0 unspecified atom stereocenters. The van der Waals surface area contributed by atoms with Crippen LogP contribution in [0.3, 0.4) is 0 Å². The van der Waals surface area contributed by atoms with Gasteiger partial charge < -0.3 is 4.57 Å². The van der Waals surface area contributed by atoms with E-state index < -0.39 is 0 Å². The zero-order valence-corrected chi connectivity index (χ0v) is 8.18. The summed E-state index contributed by atoms with van der Waals surface area (Å²) in [6.07, 6.45) is 4.89. The summed E-state index contributed by atoms with van der Waals surface area (Å²) in [6.45, 7) is 0. The molecule has 0 aliphatic heterocycles. The molecule has 2 aromatic rings. The van der Waals surface area contributed by atoms with Gasteiger partial charge in [-0.3, -0.25) is 0 Å². The highest BCUT2D eigenvalue weighted by Crippen LogP contribution is 2.23. The summed E-state index contributed by atoms with van der Waals surface area (Å²) in [5.74, 6) is 0. The van der Waals surface area contributed by atoms with Gasteiger partial charge in [-0.25, -0.2) is 0 Å². The van der Waals surface area contributed by atoms with Gasteiger partial charge in [0, 0.05) is 11.2 Å². The van der Waals surface area contributed by atoms with Crippen molar-refractivity contribution < 1.29 is 0 Å². The molecule has 0 bridgehead atoms. The number of aromatic nitrogens is 1. The Labute approximate surface area is 86.5 Å². The highest BCUT2D eigenvalue weighted by Gasteiger charge is 2.01. The van der Waals surface area contributed by atoms with Crippen molar-refractivity contribution in [3.63, 3.8) is 0 Å². The fourth-order valence-electron chi connectivity index (χ4n) is 1.12. The molecule has 0 atom stereocenters. The van der Waals surface area contributed by atoms with Gasteiger partial charge >= 0.3 is 0 Å². The van der Waals surface area contributed by atoms with E-state index in [1.165, 1.54) is 0 Å². The van der Waals surface area contributed by atoms with E-state index in [1.54, 1.807) is 12.1 Å². The minimum atomic E-state index is 0.625. The first-order valence-corrected chi connectivity index (χ1v) is 4.53. The molecule has 0 fully saturated rings. The average molecular weight is 211 g/mol. The number of nitrogens with zero attached hydrogens (tertiary/aromatic N) is 1. The quantitative estimate of drug-likeness (QED) is 0.679. The summed E-state index contributed by atoms with van der Waals surface area (Å²) in [7, 11) is 0. The molecular formula is C10H6Cl2N. The van der Waals surface area contributed by atoms with Crippen molar-refractivity contribution in [3.8, 4) is 5.69 Å². The Morgan fingerprint density at radius 1 is 1.23 bits per heavy atom. The highest BCUT2D eigenvalue weighted by molar-refractivity contribution is 6.35. The van der Waals surface area contributed by atoms with Crippen LogP contribution in [0.4, 0.5) is 0 Å². The van der Waals surface area contributed by atoms with E-state index >= 15 is 0 Å². The number of rotatable bonds is 1. The molecule has 13 heavy (non-hydrogen) atoms. The number of hydrogen-bond donors (Lipinski definition) is 0. The van der Waals surface area contributed by atoms with Crippen LogP contribution >= 0.6 is 23.2 Å². The second kappa shape index (κ2) is 3.44. The van der Waals surface area contributed by atoms with Crippen LogP contribution in [-0.2, 0) is 0 Å². The van der Waals surface area contributed by atoms with Gasteiger partial charge in [-0.1, -0.05) is 23.2 Å². The predicted octanol–water partition coefficient (Wildman–Crippen LogP) is 3.58. The van der Waals surface area contributed by atoms with Crippen LogP contribution in [0, 0.1) is 6.20 Å². The van der Waals surface area contributed by atoms with Gasteiger partial charge in [0.1, 0.15) is 0 Å². The molecule has 3 heteroatoms. The van der Waals surface area contributed by atoms with Gasteiger partial charge in [0.05, 0.1) is 16.9 Å². The molecule has 0 amide bonds. The van der Waals surface area contributed by atoms with Gasteiger partial charge in [-0.05, 0) is 30.3 Å². The van der Waals surface area contributed by atoms with Crippen LogP contribution in [0.25, 0.3) is 5.69 Å². The Bertz CT molecular complexity index is 407.